The lowest BCUT2D eigenvalue weighted by molar-refractivity contribution is 0.0900. The molecule has 1 heterocycles. The molecule has 138 valence electrons. The number of nitrogens with one attached hydrogen (secondary N) is 1. The Morgan fingerprint density at radius 3 is 2.81 bits per heavy atom. The number of rotatable bonds is 5. The van der Waals surface area contributed by atoms with Crippen LogP contribution in [0.5, 0.6) is 5.75 Å². The predicted molar refractivity (Wildman–Crippen MR) is 107 cm³/mol. The van der Waals surface area contributed by atoms with Crippen molar-refractivity contribution >= 4 is 21.8 Å². The van der Waals surface area contributed by atoms with E-state index in [9.17, 15) is 4.79 Å². The third-order valence-electron chi connectivity index (χ3n) is 4.77. The third-order valence-corrected chi connectivity index (χ3v) is 5.42. The van der Waals surface area contributed by atoms with E-state index >= 15 is 0 Å². The number of furan rings is 1. The molecule has 0 saturated heterocycles. The van der Waals surface area contributed by atoms with Crippen LogP contribution < -0.4 is 10.1 Å². The monoisotopic (exact) mass is 425 g/mol. The lowest BCUT2D eigenvalue weighted by Crippen LogP contribution is -2.30. The Morgan fingerprint density at radius 2 is 1.93 bits per heavy atom. The molecule has 1 aliphatic rings. The van der Waals surface area contributed by atoms with Crippen LogP contribution in [-0.4, -0.2) is 5.91 Å². The zero-order chi connectivity index (χ0) is 18.6. The highest BCUT2D eigenvalue weighted by molar-refractivity contribution is 9.10. The fourth-order valence-electron chi connectivity index (χ4n) is 3.42. The molecule has 0 fully saturated rings. The first-order valence-electron chi connectivity index (χ1n) is 9.05. The SMILES string of the molecule is O=C(N[C@@H]1CCCc2ccccc21)c1ccc(COc2ccccc2Br)o1. The first kappa shape index (κ1) is 17.9. The van der Waals surface area contributed by atoms with Crippen LogP contribution in [0, 0.1) is 0 Å². The van der Waals surface area contributed by atoms with E-state index in [1.807, 2.05) is 36.4 Å². The molecule has 0 bridgehead atoms. The summed E-state index contributed by atoms with van der Waals surface area (Å²) in [4.78, 5) is 12.6. The number of carbonyl (C=O) groups excluding carboxylic acids is 1. The third kappa shape index (κ3) is 4.08. The van der Waals surface area contributed by atoms with Crippen molar-refractivity contribution in [2.24, 2.45) is 0 Å². The molecule has 1 atom stereocenters. The van der Waals surface area contributed by atoms with Crippen LogP contribution in [0.25, 0.3) is 0 Å². The molecule has 1 aromatic heterocycles. The smallest absolute Gasteiger partial charge is 0.287 e. The van der Waals surface area contributed by atoms with Gasteiger partial charge in [0.1, 0.15) is 18.1 Å². The summed E-state index contributed by atoms with van der Waals surface area (Å²) < 4.78 is 12.3. The van der Waals surface area contributed by atoms with Crippen molar-refractivity contribution in [3.05, 3.63) is 87.8 Å². The molecule has 0 aliphatic heterocycles. The summed E-state index contributed by atoms with van der Waals surface area (Å²) >= 11 is 3.45. The second-order valence-electron chi connectivity index (χ2n) is 6.60. The Kier molecular flexibility index (Phi) is 5.30. The molecule has 4 nitrogen and oxygen atoms in total. The van der Waals surface area contributed by atoms with Crippen LogP contribution in [-0.2, 0) is 13.0 Å². The van der Waals surface area contributed by atoms with Gasteiger partial charge in [0.2, 0.25) is 0 Å². The minimum atomic E-state index is -0.191. The van der Waals surface area contributed by atoms with Crippen LogP contribution in [0.2, 0.25) is 0 Å². The van der Waals surface area contributed by atoms with Gasteiger partial charge in [0.05, 0.1) is 10.5 Å². The van der Waals surface area contributed by atoms with E-state index in [1.165, 1.54) is 11.1 Å². The van der Waals surface area contributed by atoms with Crippen LogP contribution in [0.15, 0.2) is 69.6 Å². The van der Waals surface area contributed by atoms with Gasteiger partial charge in [-0.05, 0) is 70.6 Å². The van der Waals surface area contributed by atoms with Gasteiger partial charge in [0.15, 0.2) is 5.76 Å². The maximum atomic E-state index is 12.6. The van der Waals surface area contributed by atoms with E-state index < -0.39 is 0 Å². The molecule has 0 radical (unpaired) electrons. The molecule has 0 spiro atoms. The number of hydrogen-bond donors (Lipinski definition) is 1. The van der Waals surface area contributed by atoms with Gasteiger partial charge in [-0.2, -0.15) is 0 Å². The number of amides is 1. The number of benzene rings is 2. The Labute approximate surface area is 166 Å². The predicted octanol–water partition coefficient (Wildman–Crippen LogP) is 5.43. The van der Waals surface area contributed by atoms with Crippen molar-refractivity contribution in [3.8, 4) is 5.75 Å². The Hall–Kier alpha value is -2.53. The van der Waals surface area contributed by atoms with Gasteiger partial charge < -0.3 is 14.5 Å². The van der Waals surface area contributed by atoms with Gasteiger partial charge in [-0.15, -0.1) is 0 Å². The van der Waals surface area contributed by atoms with Crippen LogP contribution in [0.1, 0.15) is 46.3 Å². The number of aryl methyl sites for hydroxylation is 1. The fourth-order valence-corrected chi connectivity index (χ4v) is 3.82. The van der Waals surface area contributed by atoms with Gasteiger partial charge in [0, 0.05) is 0 Å². The number of para-hydroxylation sites is 1. The van der Waals surface area contributed by atoms with Crippen molar-refractivity contribution in [2.75, 3.05) is 0 Å². The quantitative estimate of drug-likeness (QED) is 0.592. The Morgan fingerprint density at radius 1 is 1.11 bits per heavy atom. The highest BCUT2D eigenvalue weighted by Gasteiger charge is 2.23. The summed E-state index contributed by atoms with van der Waals surface area (Å²) in [6, 6.07) is 19.4. The van der Waals surface area contributed by atoms with E-state index in [4.69, 9.17) is 9.15 Å². The van der Waals surface area contributed by atoms with Crippen molar-refractivity contribution in [2.45, 2.75) is 31.9 Å². The Balaban J connectivity index is 1.40. The molecule has 3 aromatic rings. The van der Waals surface area contributed by atoms with E-state index in [1.54, 1.807) is 12.1 Å². The zero-order valence-electron chi connectivity index (χ0n) is 14.8. The molecule has 5 heteroatoms. The number of ether oxygens (including phenoxy) is 1. The van der Waals surface area contributed by atoms with Crippen molar-refractivity contribution in [1.29, 1.82) is 0 Å². The molecule has 27 heavy (non-hydrogen) atoms. The van der Waals surface area contributed by atoms with Crippen LogP contribution >= 0.6 is 15.9 Å². The minimum absolute atomic E-state index is 0.0347. The van der Waals surface area contributed by atoms with Gasteiger partial charge in [0.25, 0.3) is 5.91 Å². The topological polar surface area (TPSA) is 51.5 Å². The summed E-state index contributed by atoms with van der Waals surface area (Å²) in [6.45, 7) is 0.266. The number of carbonyl (C=O) groups is 1. The number of hydrogen-bond acceptors (Lipinski definition) is 3. The molecule has 1 N–H and O–H groups in total. The largest absolute Gasteiger partial charge is 0.484 e. The molecule has 1 amide bonds. The lowest BCUT2D eigenvalue weighted by Gasteiger charge is -2.25. The molecule has 1 aliphatic carbocycles. The van der Waals surface area contributed by atoms with Gasteiger partial charge >= 0.3 is 0 Å². The number of halogens is 1. The van der Waals surface area contributed by atoms with Crippen LogP contribution in [0.3, 0.4) is 0 Å². The molecular weight excluding hydrogens is 406 g/mol. The minimum Gasteiger partial charge on any atom is -0.484 e. The lowest BCUT2D eigenvalue weighted by atomic mass is 9.88. The van der Waals surface area contributed by atoms with Crippen molar-refractivity contribution < 1.29 is 13.9 Å². The maximum Gasteiger partial charge on any atom is 0.287 e. The van der Waals surface area contributed by atoms with Gasteiger partial charge in [-0.3, -0.25) is 4.79 Å². The normalized spacial score (nSPS) is 15.8. The summed E-state index contributed by atoms with van der Waals surface area (Å²) in [5, 5.41) is 3.11. The van der Waals surface area contributed by atoms with Crippen LogP contribution in [0.4, 0.5) is 0 Å². The highest BCUT2D eigenvalue weighted by atomic mass is 79.9. The van der Waals surface area contributed by atoms with E-state index in [2.05, 4.69) is 33.4 Å². The van der Waals surface area contributed by atoms with Crippen molar-refractivity contribution in [1.82, 2.24) is 5.32 Å². The molecular formula is C22H20BrNO3. The first-order chi connectivity index (χ1) is 13.2. The number of fused-ring (bicyclic) bond motifs is 1. The van der Waals surface area contributed by atoms with Gasteiger partial charge in [-0.25, -0.2) is 0 Å². The summed E-state index contributed by atoms with van der Waals surface area (Å²) in [5.74, 6) is 1.46. The second kappa shape index (κ2) is 8.01. The first-order valence-corrected chi connectivity index (χ1v) is 9.85. The second-order valence-corrected chi connectivity index (χ2v) is 7.46. The van der Waals surface area contributed by atoms with E-state index in [0.717, 1.165) is 29.5 Å². The summed E-state index contributed by atoms with van der Waals surface area (Å²) in [7, 11) is 0. The molecule has 4 rings (SSSR count). The summed E-state index contributed by atoms with van der Waals surface area (Å²) in [6.07, 6.45) is 3.09. The zero-order valence-corrected chi connectivity index (χ0v) is 16.4. The molecule has 2 aromatic carbocycles. The average molecular weight is 426 g/mol. The maximum absolute atomic E-state index is 12.6. The summed E-state index contributed by atoms with van der Waals surface area (Å²) in [5.41, 5.74) is 2.53. The molecule has 0 unspecified atom stereocenters. The van der Waals surface area contributed by atoms with E-state index in [0.29, 0.717) is 11.5 Å². The van der Waals surface area contributed by atoms with Gasteiger partial charge in [-0.1, -0.05) is 36.4 Å². The fraction of sp³-hybridized carbons (Fsp3) is 0.227. The highest BCUT2D eigenvalue weighted by Crippen LogP contribution is 2.30. The van der Waals surface area contributed by atoms with Crippen molar-refractivity contribution in [3.63, 3.8) is 0 Å². The molecule has 0 saturated carbocycles. The van der Waals surface area contributed by atoms with E-state index in [-0.39, 0.29) is 18.6 Å². The Bertz CT molecular complexity index is 950. The standard InChI is InChI=1S/C22H20BrNO3/c23-18-9-3-4-11-20(18)26-14-16-12-13-21(27-16)22(25)24-19-10-5-7-15-6-1-2-8-17(15)19/h1-4,6,8-9,11-13,19H,5,7,10,14H2,(H,24,25)/t19-/m1/s1. The average Bonchev–Trinajstić information content (AvgIpc) is 3.17.